The van der Waals surface area contributed by atoms with Gasteiger partial charge in [-0.05, 0) is 41.0 Å². The lowest BCUT2D eigenvalue weighted by Crippen LogP contribution is -2.50. The zero-order valence-corrected chi connectivity index (χ0v) is 10.1. The average molecular weight is 197 g/mol. The Morgan fingerprint density at radius 2 is 1.93 bits per heavy atom. The van der Waals surface area contributed by atoms with E-state index in [4.69, 9.17) is 0 Å². The van der Waals surface area contributed by atoms with Crippen molar-refractivity contribution in [3.63, 3.8) is 0 Å². The molecule has 1 aliphatic heterocycles. The molecule has 0 radical (unpaired) electrons. The van der Waals surface area contributed by atoms with E-state index < -0.39 is 0 Å². The van der Waals surface area contributed by atoms with Crippen molar-refractivity contribution in [1.82, 2.24) is 4.90 Å². The van der Waals surface area contributed by atoms with Gasteiger partial charge < -0.3 is 5.11 Å². The number of hydrogen-bond donors (Lipinski definition) is 1. The van der Waals surface area contributed by atoms with E-state index in [0.717, 1.165) is 13.0 Å². The summed E-state index contributed by atoms with van der Waals surface area (Å²) < 4.78 is 0. The summed E-state index contributed by atoms with van der Waals surface area (Å²) in [6, 6.07) is 0. The molecule has 0 aliphatic carbocycles. The van der Waals surface area contributed by atoms with Gasteiger partial charge in [-0.3, -0.25) is 4.90 Å². The van der Waals surface area contributed by atoms with Crippen molar-refractivity contribution < 1.29 is 5.11 Å². The van der Waals surface area contributed by atoms with Crippen LogP contribution < -0.4 is 0 Å². The first-order chi connectivity index (χ1) is 6.14. The minimum atomic E-state index is 0.160. The van der Waals surface area contributed by atoms with Crippen molar-refractivity contribution in [1.29, 1.82) is 0 Å². The first-order valence-electron chi connectivity index (χ1n) is 5.30. The third-order valence-electron chi connectivity index (χ3n) is 3.16. The fourth-order valence-corrected chi connectivity index (χ4v) is 2.65. The molecule has 1 aliphatic rings. The molecule has 1 heterocycles. The number of aliphatic hydroxyl groups is 1. The van der Waals surface area contributed by atoms with E-state index in [2.05, 4.69) is 46.1 Å². The van der Waals surface area contributed by atoms with Crippen LogP contribution in [0.15, 0.2) is 12.3 Å². The van der Waals surface area contributed by atoms with E-state index in [9.17, 15) is 5.11 Å². The average Bonchev–Trinajstić information content (AvgIpc) is 2.24. The molecule has 0 amide bonds. The zero-order chi connectivity index (χ0) is 11.1. The number of aliphatic hydroxyl groups excluding tert-OH is 1. The molecule has 1 rings (SSSR count). The molecule has 0 aromatic carbocycles. The minimum Gasteiger partial charge on any atom is -0.513 e. The van der Waals surface area contributed by atoms with Gasteiger partial charge in [-0.2, -0.15) is 0 Å². The second-order valence-electron chi connectivity index (χ2n) is 5.99. The van der Waals surface area contributed by atoms with E-state index in [1.165, 1.54) is 0 Å². The van der Waals surface area contributed by atoms with Crippen molar-refractivity contribution in [2.45, 2.75) is 52.1 Å². The molecule has 0 spiro atoms. The van der Waals surface area contributed by atoms with Gasteiger partial charge in [-0.1, -0.05) is 6.58 Å². The quantitative estimate of drug-likeness (QED) is 0.653. The summed E-state index contributed by atoms with van der Waals surface area (Å²) in [6.07, 6.45) is 1.000. The Labute approximate surface area is 87.6 Å². The molecule has 1 fully saturated rings. The van der Waals surface area contributed by atoms with Gasteiger partial charge in [0.15, 0.2) is 0 Å². The van der Waals surface area contributed by atoms with Gasteiger partial charge in [-0.25, -0.2) is 0 Å². The molecule has 82 valence electrons. The Kier molecular flexibility index (Phi) is 2.70. The second kappa shape index (κ2) is 3.27. The predicted molar refractivity (Wildman–Crippen MR) is 60.4 cm³/mol. The molecular formula is C12H23NO. The molecule has 0 bridgehead atoms. The predicted octanol–water partition coefficient (Wildman–Crippen LogP) is 2.96. The fraction of sp³-hybridized carbons (Fsp3) is 0.833. The molecule has 1 saturated heterocycles. The maximum Gasteiger partial charge on any atom is 0.0895 e. The zero-order valence-electron chi connectivity index (χ0n) is 10.1. The Hall–Kier alpha value is -0.500. The number of rotatable bonds is 1. The van der Waals surface area contributed by atoms with Crippen molar-refractivity contribution in [3.8, 4) is 0 Å². The van der Waals surface area contributed by atoms with Gasteiger partial charge >= 0.3 is 0 Å². The smallest absolute Gasteiger partial charge is 0.0895 e. The Morgan fingerprint density at radius 1 is 1.43 bits per heavy atom. The largest absolute Gasteiger partial charge is 0.513 e. The lowest BCUT2D eigenvalue weighted by molar-refractivity contribution is 0.0670. The monoisotopic (exact) mass is 197 g/mol. The van der Waals surface area contributed by atoms with Crippen LogP contribution in [0.1, 0.15) is 41.0 Å². The lowest BCUT2D eigenvalue weighted by atomic mass is 9.93. The van der Waals surface area contributed by atoms with E-state index in [1.54, 1.807) is 0 Å². The molecule has 1 N–H and O–H groups in total. The summed E-state index contributed by atoms with van der Waals surface area (Å²) >= 11 is 0. The van der Waals surface area contributed by atoms with Crippen LogP contribution in [0.2, 0.25) is 0 Å². The van der Waals surface area contributed by atoms with E-state index >= 15 is 0 Å². The van der Waals surface area contributed by atoms with Crippen LogP contribution in [0.4, 0.5) is 0 Å². The van der Waals surface area contributed by atoms with Crippen molar-refractivity contribution in [2.24, 2.45) is 5.92 Å². The van der Waals surface area contributed by atoms with Crippen LogP contribution >= 0.6 is 0 Å². The lowest BCUT2D eigenvalue weighted by Gasteiger charge is -2.42. The Morgan fingerprint density at radius 3 is 2.14 bits per heavy atom. The van der Waals surface area contributed by atoms with E-state index in [0.29, 0.717) is 5.76 Å². The molecule has 2 heteroatoms. The highest BCUT2D eigenvalue weighted by Gasteiger charge is 2.44. The summed E-state index contributed by atoms with van der Waals surface area (Å²) in [6.45, 7) is 15.7. The Bertz CT molecular complexity index is 237. The molecule has 0 saturated carbocycles. The molecule has 14 heavy (non-hydrogen) atoms. The highest BCUT2D eigenvalue weighted by molar-refractivity contribution is 5.05. The molecule has 2 nitrogen and oxygen atoms in total. The van der Waals surface area contributed by atoms with Gasteiger partial charge in [0, 0.05) is 23.5 Å². The molecule has 0 aromatic heterocycles. The third kappa shape index (κ3) is 2.11. The van der Waals surface area contributed by atoms with Gasteiger partial charge in [0.25, 0.3) is 0 Å². The molecular weight excluding hydrogens is 174 g/mol. The topological polar surface area (TPSA) is 23.5 Å². The van der Waals surface area contributed by atoms with Crippen LogP contribution in [0, 0.1) is 5.92 Å². The van der Waals surface area contributed by atoms with Gasteiger partial charge in [0.2, 0.25) is 0 Å². The highest BCUT2D eigenvalue weighted by Crippen LogP contribution is 2.39. The van der Waals surface area contributed by atoms with Crippen LogP contribution in [0.3, 0.4) is 0 Å². The Balaban J connectivity index is 2.85. The molecule has 0 aromatic rings. The standard InChI is InChI=1S/C12H23NO/c1-9(14)10-7-12(5,6)13(8-10)11(2,3)4/h10,14H,1,7-8H2,2-6H3/t10-/m1/s1. The van der Waals surface area contributed by atoms with Gasteiger partial charge in [-0.15, -0.1) is 0 Å². The van der Waals surface area contributed by atoms with Gasteiger partial charge in [0.05, 0.1) is 5.76 Å². The highest BCUT2D eigenvalue weighted by atomic mass is 16.3. The fourth-order valence-electron chi connectivity index (χ4n) is 2.65. The number of hydrogen-bond acceptors (Lipinski definition) is 2. The maximum absolute atomic E-state index is 9.45. The molecule has 1 atom stereocenters. The number of nitrogens with zero attached hydrogens (tertiary/aromatic N) is 1. The van der Waals surface area contributed by atoms with Crippen LogP contribution in [-0.4, -0.2) is 27.6 Å². The van der Waals surface area contributed by atoms with E-state index in [1.807, 2.05) is 0 Å². The SMILES string of the molecule is C=C(O)[C@H]1CN(C(C)(C)C)C(C)(C)C1. The minimum absolute atomic E-state index is 0.160. The van der Waals surface area contributed by atoms with E-state index in [-0.39, 0.29) is 17.0 Å². The third-order valence-corrected chi connectivity index (χ3v) is 3.16. The van der Waals surface area contributed by atoms with Gasteiger partial charge in [0.1, 0.15) is 0 Å². The first-order valence-corrected chi connectivity index (χ1v) is 5.30. The maximum atomic E-state index is 9.45. The normalized spacial score (nSPS) is 27.9. The second-order valence-corrected chi connectivity index (χ2v) is 5.99. The summed E-state index contributed by atoms with van der Waals surface area (Å²) in [4.78, 5) is 2.45. The summed E-state index contributed by atoms with van der Waals surface area (Å²) in [5, 5.41) is 9.45. The van der Waals surface area contributed by atoms with Crippen molar-refractivity contribution in [3.05, 3.63) is 12.3 Å². The van der Waals surface area contributed by atoms with Crippen LogP contribution in [-0.2, 0) is 0 Å². The summed E-state index contributed by atoms with van der Waals surface area (Å²) in [5.41, 5.74) is 0.322. The van der Waals surface area contributed by atoms with Crippen molar-refractivity contribution in [2.75, 3.05) is 6.54 Å². The van der Waals surface area contributed by atoms with Crippen LogP contribution in [0.5, 0.6) is 0 Å². The summed E-state index contributed by atoms with van der Waals surface area (Å²) in [5.74, 6) is 0.578. The van der Waals surface area contributed by atoms with Crippen molar-refractivity contribution >= 4 is 0 Å². The first kappa shape index (κ1) is 11.6. The summed E-state index contributed by atoms with van der Waals surface area (Å²) in [7, 11) is 0. The number of likely N-dealkylation sites (tertiary alicyclic amines) is 1. The molecule has 0 unspecified atom stereocenters. The van der Waals surface area contributed by atoms with Crippen LogP contribution in [0.25, 0.3) is 0 Å².